The van der Waals surface area contributed by atoms with Gasteiger partial charge in [0.15, 0.2) is 0 Å². The van der Waals surface area contributed by atoms with Crippen LogP contribution in [0.4, 0.5) is 0 Å². The number of benzene rings is 1. The zero-order valence-corrected chi connectivity index (χ0v) is 11.2. The Bertz CT molecular complexity index is 395. The highest BCUT2D eigenvalue weighted by Gasteiger charge is 2.18. The molecule has 1 aliphatic heterocycles. The van der Waals surface area contributed by atoms with Crippen LogP contribution in [0.1, 0.15) is 11.1 Å². The number of hydrogen-bond donors (Lipinski definition) is 1. The minimum absolute atomic E-state index is 0.781. The van der Waals surface area contributed by atoms with Crippen LogP contribution in [0.2, 0.25) is 5.02 Å². The van der Waals surface area contributed by atoms with Crippen LogP contribution in [0.3, 0.4) is 0 Å². The highest BCUT2D eigenvalue weighted by atomic mass is 35.5. The minimum atomic E-state index is 0.781. The van der Waals surface area contributed by atoms with Gasteiger partial charge in [-0.1, -0.05) is 11.6 Å². The van der Waals surface area contributed by atoms with Gasteiger partial charge >= 0.3 is 0 Å². The minimum Gasteiger partial charge on any atom is -0.493 e. The van der Waals surface area contributed by atoms with E-state index >= 15 is 0 Å². The molecule has 0 aliphatic carbocycles. The monoisotopic (exact) mass is 254 g/mol. The van der Waals surface area contributed by atoms with Crippen LogP contribution in [0, 0.1) is 0 Å². The molecule has 0 saturated heterocycles. The molecule has 2 rings (SSSR count). The van der Waals surface area contributed by atoms with Crippen molar-refractivity contribution in [3.05, 3.63) is 28.3 Å². The Balaban J connectivity index is 2.10. The summed E-state index contributed by atoms with van der Waals surface area (Å²) in [6, 6.07) is 4.03. The molecule has 0 bridgehead atoms. The molecule has 1 aromatic carbocycles. The molecule has 0 spiro atoms. The fraction of sp³-hybridized carbons (Fsp3) is 0.538. The molecule has 4 heteroatoms. The third-order valence-electron chi connectivity index (χ3n) is 3.01. The fourth-order valence-corrected chi connectivity index (χ4v) is 2.40. The van der Waals surface area contributed by atoms with E-state index in [0.717, 1.165) is 43.4 Å². The maximum absolute atomic E-state index is 6.13. The first kappa shape index (κ1) is 12.7. The summed E-state index contributed by atoms with van der Waals surface area (Å²) in [5.74, 6) is 1.05. The molecule has 17 heavy (non-hydrogen) atoms. The number of hydrogen-bond acceptors (Lipinski definition) is 3. The van der Waals surface area contributed by atoms with E-state index in [0.29, 0.717) is 0 Å². The summed E-state index contributed by atoms with van der Waals surface area (Å²) in [4.78, 5) is 2.27. The Hall–Kier alpha value is -0.770. The standard InChI is InChI=1S/C13H19ClN2O/c1-15-4-5-16(2)9-11-8-12(14)7-10-3-6-17-13(10)11/h7-8,15H,3-6,9H2,1-2H3. The lowest BCUT2D eigenvalue weighted by atomic mass is 10.1. The van der Waals surface area contributed by atoms with E-state index in [1.165, 1.54) is 11.1 Å². The van der Waals surface area contributed by atoms with Gasteiger partial charge in [-0.3, -0.25) is 0 Å². The summed E-state index contributed by atoms with van der Waals surface area (Å²) in [5.41, 5.74) is 2.44. The summed E-state index contributed by atoms with van der Waals surface area (Å²) < 4.78 is 5.69. The molecule has 1 aromatic rings. The Morgan fingerprint density at radius 1 is 1.47 bits per heavy atom. The highest BCUT2D eigenvalue weighted by Crippen LogP contribution is 2.33. The third kappa shape index (κ3) is 3.12. The lowest BCUT2D eigenvalue weighted by molar-refractivity contribution is 0.311. The summed E-state index contributed by atoms with van der Waals surface area (Å²) in [5, 5.41) is 3.96. The zero-order valence-electron chi connectivity index (χ0n) is 10.4. The van der Waals surface area contributed by atoms with Gasteiger partial charge in [0.25, 0.3) is 0 Å². The molecule has 0 fully saturated rings. The second-order valence-electron chi connectivity index (χ2n) is 4.49. The van der Waals surface area contributed by atoms with Crippen molar-refractivity contribution in [3.8, 4) is 5.75 Å². The van der Waals surface area contributed by atoms with Gasteiger partial charge < -0.3 is 15.0 Å². The van der Waals surface area contributed by atoms with Gasteiger partial charge in [-0.2, -0.15) is 0 Å². The molecule has 94 valence electrons. The van der Waals surface area contributed by atoms with Crippen LogP contribution in [-0.4, -0.2) is 38.7 Å². The molecule has 3 nitrogen and oxygen atoms in total. The first-order valence-corrected chi connectivity index (χ1v) is 6.35. The smallest absolute Gasteiger partial charge is 0.127 e. The largest absolute Gasteiger partial charge is 0.493 e. The lowest BCUT2D eigenvalue weighted by Gasteiger charge is -2.18. The predicted octanol–water partition coefficient (Wildman–Crippen LogP) is 1.93. The van der Waals surface area contributed by atoms with Gasteiger partial charge in [0, 0.05) is 36.6 Å². The fourth-order valence-electron chi connectivity index (χ4n) is 2.14. The highest BCUT2D eigenvalue weighted by molar-refractivity contribution is 6.30. The number of rotatable bonds is 5. The Morgan fingerprint density at radius 3 is 3.06 bits per heavy atom. The molecule has 0 unspecified atom stereocenters. The average Bonchev–Trinajstić information content (AvgIpc) is 2.74. The van der Waals surface area contributed by atoms with Gasteiger partial charge in [-0.05, 0) is 31.8 Å². The molecule has 0 aromatic heterocycles. The second kappa shape index (κ2) is 5.71. The van der Waals surface area contributed by atoms with E-state index in [9.17, 15) is 0 Å². The van der Waals surface area contributed by atoms with Gasteiger partial charge in [0.2, 0.25) is 0 Å². The summed E-state index contributed by atoms with van der Waals surface area (Å²) in [6.45, 7) is 3.66. The van der Waals surface area contributed by atoms with Gasteiger partial charge in [-0.25, -0.2) is 0 Å². The summed E-state index contributed by atoms with van der Waals surface area (Å²) >= 11 is 6.13. The van der Waals surface area contributed by atoms with Crippen LogP contribution in [0.5, 0.6) is 5.75 Å². The van der Waals surface area contributed by atoms with E-state index in [1.807, 2.05) is 19.2 Å². The molecule has 0 radical (unpaired) electrons. The lowest BCUT2D eigenvalue weighted by Crippen LogP contribution is -2.27. The van der Waals surface area contributed by atoms with Crippen LogP contribution >= 0.6 is 11.6 Å². The maximum Gasteiger partial charge on any atom is 0.127 e. The predicted molar refractivity (Wildman–Crippen MR) is 70.9 cm³/mol. The first-order chi connectivity index (χ1) is 8.20. The van der Waals surface area contributed by atoms with E-state index in [-0.39, 0.29) is 0 Å². The summed E-state index contributed by atoms with van der Waals surface area (Å²) in [6.07, 6.45) is 0.975. The molecular weight excluding hydrogens is 236 g/mol. The third-order valence-corrected chi connectivity index (χ3v) is 3.23. The van der Waals surface area contributed by atoms with Crippen LogP contribution in [0.25, 0.3) is 0 Å². The number of halogens is 1. The van der Waals surface area contributed by atoms with E-state index in [1.54, 1.807) is 0 Å². The topological polar surface area (TPSA) is 24.5 Å². The second-order valence-corrected chi connectivity index (χ2v) is 4.93. The van der Waals surface area contributed by atoms with Crippen molar-refractivity contribution in [2.45, 2.75) is 13.0 Å². The Labute approximate surface area is 108 Å². The van der Waals surface area contributed by atoms with Crippen molar-refractivity contribution in [3.63, 3.8) is 0 Å². The normalized spacial score (nSPS) is 13.9. The number of fused-ring (bicyclic) bond motifs is 1. The van der Waals surface area contributed by atoms with Crippen LogP contribution < -0.4 is 10.1 Å². The van der Waals surface area contributed by atoms with Gasteiger partial charge in [0.1, 0.15) is 5.75 Å². The van der Waals surface area contributed by atoms with Crippen LogP contribution in [0.15, 0.2) is 12.1 Å². The van der Waals surface area contributed by atoms with Crippen molar-refractivity contribution in [1.82, 2.24) is 10.2 Å². The SMILES string of the molecule is CNCCN(C)Cc1cc(Cl)cc2c1OCC2. The average molecular weight is 255 g/mol. The van der Waals surface area contributed by atoms with Crippen molar-refractivity contribution in [1.29, 1.82) is 0 Å². The maximum atomic E-state index is 6.13. The number of likely N-dealkylation sites (N-methyl/N-ethyl adjacent to an activating group) is 2. The molecule has 1 heterocycles. The van der Waals surface area contributed by atoms with Gasteiger partial charge in [-0.15, -0.1) is 0 Å². The van der Waals surface area contributed by atoms with Crippen LogP contribution in [-0.2, 0) is 13.0 Å². The Kier molecular flexibility index (Phi) is 4.26. The van der Waals surface area contributed by atoms with Crippen molar-refractivity contribution in [2.75, 3.05) is 33.8 Å². The number of ether oxygens (including phenoxy) is 1. The van der Waals surface area contributed by atoms with Crippen molar-refractivity contribution >= 4 is 11.6 Å². The number of nitrogens with one attached hydrogen (secondary N) is 1. The quantitative estimate of drug-likeness (QED) is 0.869. The molecular formula is C13H19ClN2O. The van der Waals surface area contributed by atoms with Crippen molar-refractivity contribution in [2.24, 2.45) is 0 Å². The first-order valence-electron chi connectivity index (χ1n) is 5.98. The van der Waals surface area contributed by atoms with Crippen molar-refractivity contribution < 1.29 is 4.74 Å². The van der Waals surface area contributed by atoms with Gasteiger partial charge in [0.05, 0.1) is 6.61 Å². The van der Waals surface area contributed by atoms with E-state index in [4.69, 9.17) is 16.3 Å². The van der Waals surface area contributed by atoms with E-state index < -0.39 is 0 Å². The molecule has 1 aliphatic rings. The van der Waals surface area contributed by atoms with E-state index in [2.05, 4.69) is 17.3 Å². The number of nitrogens with zero attached hydrogens (tertiary/aromatic N) is 1. The Morgan fingerprint density at radius 2 is 2.29 bits per heavy atom. The molecule has 0 atom stereocenters. The summed E-state index contributed by atoms with van der Waals surface area (Å²) in [7, 11) is 4.08. The molecule has 1 N–H and O–H groups in total. The zero-order chi connectivity index (χ0) is 12.3. The molecule has 0 saturated carbocycles. The molecule has 0 amide bonds.